The lowest BCUT2D eigenvalue weighted by Gasteiger charge is -1.96. The second kappa shape index (κ2) is 3.97. The van der Waals surface area contributed by atoms with Crippen LogP contribution in [0.15, 0.2) is 29.1 Å². The Labute approximate surface area is 103 Å². The zero-order chi connectivity index (χ0) is 11.0. The number of hydrogen-bond acceptors (Lipinski definition) is 5. The number of hydrogen-bond donors (Lipinski definition) is 1. The van der Waals surface area contributed by atoms with Gasteiger partial charge in [-0.25, -0.2) is 4.98 Å². The van der Waals surface area contributed by atoms with E-state index in [1.807, 2.05) is 22.9 Å². The van der Waals surface area contributed by atoms with Gasteiger partial charge in [-0.2, -0.15) is 0 Å². The van der Waals surface area contributed by atoms with Crippen molar-refractivity contribution in [2.75, 3.05) is 5.32 Å². The molecule has 0 aliphatic rings. The van der Waals surface area contributed by atoms with Gasteiger partial charge in [-0.3, -0.25) is 10.1 Å². The highest BCUT2D eigenvalue weighted by Crippen LogP contribution is 2.30. The summed E-state index contributed by atoms with van der Waals surface area (Å²) in [6.45, 7) is 0. The summed E-state index contributed by atoms with van der Waals surface area (Å²) in [4.78, 5) is 16.6. The highest BCUT2D eigenvalue weighted by atomic mass is 32.2. The third-order valence-corrected chi connectivity index (χ3v) is 4.92. The molecular formula is C10H6N2OS3. The van der Waals surface area contributed by atoms with Gasteiger partial charge < -0.3 is 0 Å². The number of carbonyl (C=O) groups excluding carboxylic acids is 1. The van der Waals surface area contributed by atoms with E-state index in [2.05, 4.69) is 10.3 Å². The average molecular weight is 266 g/mol. The van der Waals surface area contributed by atoms with Crippen molar-refractivity contribution in [2.45, 2.75) is 0 Å². The molecule has 3 aromatic heterocycles. The van der Waals surface area contributed by atoms with Crippen molar-refractivity contribution in [1.29, 1.82) is 0 Å². The Hall–Kier alpha value is -1.24. The highest BCUT2D eigenvalue weighted by molar-refractivity contribution is 7.38. The highest BCUT2D eigenvalue weighted by Gasteiger charge is 2.11. The summed E-state index contributed by atoms with van der Waals surface area (Å²) in [5, 5.41) is 8.42. The molecular weight excluding hydrogens is 260 g/mol. The number of nitrogens with one attached hydrogen (secondary N) is 1. The smallest absolute Gasteiger partial charge is 0.267 e. The number of nitrogens with zero attached hydrogens (tertiary/aromatic N) is 1. The Morgan fingerprint density at radius 3 is 3.00 bits per heavy atom. The van der Waals surface area contributed by atoms with Crippen molar-refractivity contribution in [3.8, 4) is 0 Å². The number of fused-ring (bicyclic) bond motifs is 1. The number of anilines is 1. The van der Waals surface area contributed by atoms with Crippen molar-refractivity contribution in [3.05, 3.63) is 34.0 Å². The number of amides is 1. The molecule has 80 valence electrons. The van der Waals surface area contributed by atoms with Gasteiger partial charge in [0.1, 0.15) is 0 Å². The Balaban J connectivity index is 1.87. The van der Waals surface area contributed by atoms with Crippen LogP contribution in [0, 0.1) is 0 Å². The number of aromatic nitrogens is 1. The van der Waals surface area contributed by atoms with Crippen molar-refractivity contribution < 1.29 is 4.79 Å². The van der Waals surface area contributed by atoms with E-state index in [1.165, 1.54) is 26.7 Å². The summed E-state index contributed by atoms with van der Waals surface area (Å²) in [6.07, 6.45) is 1.67. The SMILES string of the molecule is O=C(Nc1nccs1)c1cc2ccsc2s1. The van der Waals surface area contributed by atoms with Crippen LogP contribution in [0.5, 0.6) is 0 Å². The van der Waals surface area contributed by atoms with E-state index in [0.29, 0.717) is 5.13 Å². The molecule has 0 atom stereocenters. The van der Waals surface area contributed by atoms with Crippen LogP contribution in [0.3, 0.4) is 0 Å². The average Bonchev–Trinajstić information content (AvgIpc) is 2.91. The molecule has 3 rings (SSSR count). The molecule has 16 heavy (non-hydrogen) atoms. The standard InChI is InChI=1S/C10H6N2OS3/c13-8(12-10-11-2-4-15-10)7-5-6-1-3-14-9(6)16-7/h1-5H,(H,11,12,13). The molecule has 0 aromatic carbocycles. The van der Waals surface area contributed by atoms with Gasteiger partial charge in [-0.1, -0.05) is 0 Å². The summed E-state index contributed by atoms with van der Waals surface area (Å²) in [7, 11) is 0. The summed E-state index contributed by atoms with van der Waals surface area (Å²) in [5.74, 6) is -0.0802. The van der Waals surface area contributed by atoms with E-state index in [0.717, 1.165) is 10.3 Å². The summed E-state index contributed by atoms with van der Waals surface area (Å²) in [6, 6.07) is 3.94. The van der Waals surface area contributed by atoms with Gasteiger partial charge in [-0.15, -0.1) is 34.0 Å². The third-order valence-electron chi connectivity index (χ3n) is 2.02. The van der Waals surface area contributed by atoms with Crippen LogP contribution < -0.4 is 5.32 Å². The van der Waals surface area contributed by atoms with E-state index in [1.54, 1.807) is 17.5 Å². The number of thiazole rings is 1. The minimum absolute atomic E-state index is 0.0802. The maximum atomic E-state index is 11.9. The number of rotatable bonds is 2. The minimum atomic E-state index is -0.0802. The Kier molecular flexibility index (Phi) is 2.47. The van der Waals surface area contributed by atoms with E-state index < -0.39 is 0 Å². The molecule has 1 amide bonds. The van der Waals surface area contributed by atoms with Crippen molar-refractivity contribution in [1.82, 2.24) is 4.98 Å². The molecule has 0 spiro atoms. The van der Waals surface area contributed by atoms with Crippen LogP contribution in [0.4, 0.5) is 5.13 Å². The van der Waals surface area contributed by atoms with Gasteiger partial charge in [0.2, 0.25) is 0 Å². The number of thiophene rings is 2. The Morgan fingerprint density at radius 2 is 2.25 bits per heavy atom. The zero-order valence-electron chi connectivity index (χ0n) is 7.97. The summed E-state index contributed by atoms with van der Waals surface area (Å²) >= 11 is 4.60. The predicted octanol–water partition coefficient (Wildman–Crippen LogP) is 3.67. The van der Waals surface area contributed by atoms with Gasteiger partial charge in [0.25, 0.3) is 5.91 Å². The van der Waals surface area contributed by atoms with Crippen LogP contribution in [0.25, 0.3) is 9.40 Å². The van der Waals surface area contributed by atoms with Crippen molar-refractivity contribution >= 4 is 54.4 Å². The second-order valence-electron chi connectivity index (χ2n) is 3.07. The van der Waals surface area contributed by atoms with E-state index in [-0.39, 0.29) is 5.91 Å². The van der Waals surface area contributed by atoms with Crippen LogP contribution in [-0.4, -0.2) is 10.9 Å². The zero-order valence-corrected chi connectivity index (χ0v) is 10.4. The van der Waals surface area contributed by atoms with Crippen molar-refractivity contribution in [2.24, 2.45) is 0 Å². The summed E-state index contributed by atoms with van der Waals surface area (Å²) < 4.78 is 1.18. The molecule has 0 aliphatic carbocycles. The quantitative estimate of drug-likeness (QED) is 0.769. The number of carbonyl (C=O) groups is 1. The lowest BCUT2D eigenvalue weighted by Crippen LogP contribution is -2.09. The summed E-state index contributed by atoms with van der Waals surface area (Å²) in [5.41, 5.74) is 0. The van der Waals surface area contributed by atoms with Crippen LogP contribution in [0.2, 0.25) is 0 Å². The van der Waals surface area contributed by atoms with Crippen LogP contribution in [-0.2, 0) is 0 Å². The lowest BCUT2D eigenvalue weighted by molar-refractivity contribution is 0.103. The molecule has 3 aromatic rings. The van der Waals surface area contributed by atoms with Gasteiger partial charge in [0.15, 0.2) is 5.13 Å². The van der Waals surface area contributed by atoms with E-state index in [4.69, 9.17) is 0 Å². The molecule has 0 fully saturated rings. The Morgan fingerprint density at radius 1 is 1.31 bits per heavy atom. The lowest BCUT2D eigenvalue weighted by atomic mass is 10.3. The van der Waals surface area contributed by atoms with Crippen LogP contribution in [0.1, 0.15) is 9.67 Å². The monoisotopic (exact) mass is 266 g/mol. The molecule has 0 radical (unpaired) electrons. The molecule has 3 nitrogen and oxygen atoms in total. The van der Waals surface area contributed by atoms with Crippen LogP contribution >= 0.6 is 34.0 Å². The topological polar surface area (TPSA) is 42.0 Å². The molecule has 0 aliphatic heterocycles. The molecule has 1 N–H and O–H groups in total. The first-order valence-electron chi connectivity index (χ1n) is 4.51. The first-order chi connectivity index (χ1) is 7.83. The molecule has 0 unspecified atom stereocenters. The van der Waals surface area contributed by atoms with E-state index >= 15 is 0 Å². The predicted molar refractivity (Wildman–Crippen MR) is 69.8 cm³/mol. The molecule has 3 heterocycles. The Bertz CT molecular complexity index is 595. The molecule has 0 bridgehead atoms. The van der Waals surface area contributed by atoms with Crippen molar-refractivity contribution in [3.63, 3.8) is 0 Å². The molecule has 0 saturated carbocycles. The van der Waals surface area contributed by atoms with Gasteiger partial charge >= 0.3 is 0 Å². The fourth-order valence-corrected chi connectivity index (χ4v) is 3.85. The maximum absolute atomic E-state index is 11.9. The first kappa shape index (κ1) is 9.95. The molecule has 0 saturated heterocycles. The minimum Gasteiger partial charge on any atom is -0.297 e. The first-order valence-corrected chi connectivity index (χ1v) is 7.08. The van der Waals surface area contributed by atoms with E-state index in [9.17, 15) is 4.79 Å². The molecule has 6 heteroatoms. The fraction of sp³-hybridized carbons (Fsp3) is 0. The van der Waals surface area contributed by atoms with Gasteiger partial charge in [0.05, 0.1) is 8.89 Å². The second-order valence-corrected chi connectivity index (χ2v) is 6.19. The fourth-order valence-electron chi connectivity index (χ4n) is 1.32. The normalized spacial score (nSPS) is 10.8. The van der Waals surface area contributed by atoms with Gasteiger partial charge in [-0.05, 0) is 17.5 Å². The maximum Gasteiger partial charge on any atom is 0.267 e. The third kappa shape index (κ3) is 1.75. The van der Waals surface area contributed by atoms with Gasteiger partial charge in [0, 0.05) is 17.0 Å². The largest absolute Gasteiger partial charge is 0.297 e.